The van der Waals surface area contributed by atoms with Gasteiger partial charge in [-0.05, 0) is 11.6 Å². The summed E-state index contributed by atoms with van der Waals surface area (Å²) >= 11 is 0. The zero-order valence-corrected chi connectivity index (χ0v) is 10.7. The van der Waals surface area contributed by atoms with E-state index in [0.29, 0.717) is 0 Å². The Balaban J connectivity index is 1.71. The van der Waals surface area contributed by atoms with Gasteiger partial charge < -0.3 is 10.1 Å². The van der Waals surface area contributed by atoms with Crippen molar-refractivity contribution >= 4 is 11.9 Å². The average molecular weight is 263 g/mol. The third kappa shape index (κ3) is 1.67. The van der Waals surface area contributed by atoms with Crippen molar-refractivity contribution in [3.05, 3.63) is 77.0 Å². The van der Waals surface area contributed by atoms with Crippen LogP contribution >= 0.6 is 0 Å². The predicted octanol–water partition coefficient (Wildman–Crippen LogP) is 2.91. The van der Waals surface area contributed by atoms with Crippen LogP contribution in [0.25, 0.3) is 6.08 Å². The Kier molecular flexibility index (Phi) is 2.47. The normalized spacial score (nSPS) is 23.6. The number of carbonyl (C=O) groups excluding carboxylic acids is 1. The Morgan fingerprint density at radius 1 is 0.950 bits per heavy atom. The first-order valence-electron chi connectivity index (χ1n) is 6.65. The molecule has 0 spiro atoms. The van der Waals surface area contributed by atoms with Crippen LogP contribution in [-0.4, -0.2) is 11.9 Å². The quantitative estimate of drug-likeness (QED) is 0.859. The summed E-state index contributed by atoms with van der Waals surface area (Å²) in [5.74, 6) is 0.0315. The molecule has 4 rings (SSSR count). The number of hydrogen-bond donors (Lipinski definition) is 1. The first-order chi connectivity index (χ1) is 9.83. The molecule has 2 unspecified atom stereocenters. The Labute approximate surface area is 116 Å². The van der Waals surface area contributed by atoms with E-state index in [1.807, 2.05) is 60.7 Å². The molecule has 1 saturated heterocycles. The maximum Gasteiger partial charge on any atom is 0.198 e. The van der Waals surface area contributed by atoms with Crippen molar-refractivity contribution in [3.8, 4) is 0 Å². The molecule has 1 aliphatic heterocycles. The van der Waals surface area contributed by atoms with Crippen molar-refractivity contribution in [2.45, 2.75) is 12.3 Å². The number of fused-ring (bicyclic) bond motifs is 2. The first-order valence-corrected chi connectivity index (χ1v) is 6.65. The second-order valence-electron chi connectivity index (χ2n) is 5.00. The monoisotopic (exact) mass is 263 g/mol. The van der Waals surface area contributed by atoms with E-state index < -0.39 is 6.10 Å². The van der Waals surface area contributed by atoms with Crippen molar-refractivity contribution in [3.63, 3.8) is 0 Å². The fraction of sp³-hybridized carbons (Fsp3) is 0.118. The molecule has 2 aromatic rings. The highest BCUT2D eigenvalue weighted by Gasteiger charge is 2.38. The molecule has 2 atom stereocenters. The summed E-state index contributed by atoms with van der Waals surface area (Å²) < 4.78 is 5.89. The van der Waals surface area contributed by atoms with Gasteiger partial charge in [-0.3, -0.25) is 4.79 Å². The molecule has 1 heterocycles. The van der Waals surface area contributed by atoms with Gasteiger partial charge in [-0.25, -0.2) is 0 Å². The van der Waals surface area contributed by atoms with E-state index >= 15 is 0 Å². The average Bonchev–Trinajstić information content (AvgIpc) is 2.93. The molecule has 20 heavy (non-hydrogen) atoms. The summed E-state index contributed by atoms with van der Waals surface area (Å²) in [4.78, 5) is 12.5. The van der Waals surface area contributed by atoms with Crippen LogP contribution in [0, 0.1) is 0 Å². The zero-order chi connectivity index (χ0) is 13.5. The van der Waals surface area contributed by atoms with E-state index in [1.165, 1.54) is 0 Å². The van der Waals surface area contributed by atoms with E-state index in [1.54, 1.807) is 0 Å². The third-order valence-corrected chi connectivity index (χ3v) is 3.73. The van der Waals surface area contributed by atoms with Crippen LogP contribution in [-0.2, 0) is 4.74 Å². The molecule has 1 aliphatic carbocycles. The lowest BCUT2D eigenvalue weighted by Gasteiger charge is -2.16. The van der Waals surface area contributed by atoms with Crippen LogP contribution in [0.4, 0.5) is 0 Å². The van der Waals surface area contributed by atoms with Crippen LogP contribution in [0.5, 0.6) is 0 Å². The van der Waals surface area contributed by atoms with Gasteiger partial charge in [0.05, 0.1) is 5.70 Å². The van der Waals surface area contributed by atoms with Gasteiger partial charge in [0, 0.05) is 11.1 Å². The second kappa shape index (κ2) is 4.32. The molecule has 0 aromatic heterocycles. The standard InChI is InChI=1S/C17H13NO2/c19-15-13-9-5-4-8-12(13)10-14-16(15)20-17(18-14)11-6-2-1-3-7-11/h1-10,16-18H. The minimum Gasteiger partial charge on any atom is -0.357 e. The highest BCUT2D eigenvalue weighted by Crippen LogP contribution is 2.34. The summed E-state index contributed by atoms with van der Waals surface area (Å²) in [6, 6.07) is 17.5. The van der Waals surface area contributed by atoms with Gasteiger partial charge in [0.25, 0.3) is 0 Å². The number of benzene rings is 2. The second-order valence-corrected chi connectivity index (χ2v) is 5.00. The number of nitrogens with one attached hydrogen (secondary N) is 1. The summed E-state index contributed by atoms with van der Waals surface area (Å²) in [7, 11) is 0. The molecule has 1 N–H and O–H groups in total. The lowest BCUT2D eigenvalue weighted by Crippen LogP contribution is -2.26. The maximum atomic E-state index is 12.5. The van der Waals surface area contributed by atoms with Gasteiger partial charge in [-0.2, -0.15) is 0 Å². The van der Waals surface area contributed by atoms with E-state index in [9.17, 15) is 4.79 Å². The van der Waals surface area contributed by atoms with Gasteiger partial charge >= 0.3 is 0 Å². The smallest absolute Gasteiger partial charge is 0.198 e. The minimum absolute atomic E-state index is 0.0315. The van der Waals surface area contributed by atoms with Gasteiger partial charge in [0.2, 0.25) is 0 Å². The SMILES string of the molecule is O=C1c2ccccc2C=C2NC(c3ccccc3)OC12. The van der Waals surface area contributed by atoms with Crippen molar-refractivity contribution in [1.82, 2.24) is 5.32 Å². The zero-order valence-electron chi connectivity index (χ0n) is 10.7. The number of ketones is 1. The van der Waals surface area contributed by atoms with Crippen molar-refractivity contribution in [2.75, 3.05) is 0 Å². The number of Topliss-reactive ketones (excluding diaryl/α,β-unsaturated/α-hetero) is 1. The topological polar surface area (TPSA) is 38.3 Å². The van der Waals surface area contributed by atoms with Gasteiger partial charge in [-0.1, -0.05) is 54.6 Å². The van der Waals surface area contributed by atoms with Crippen LogP contribution in [0.15, 0.2) is 60.3 Å². The summed E-state index contributed by atoms with van der Waals surface area (Å²) in [5.41, 5.74) is 3.56. The third-order valence-electron chi connectivity index (χ3n) is 3.73. The Bertz CT molecular complexity index is 706. The number of rotatable bonds is 1. The van der Waals surface area contributed by atoms with Crippen molar-refractivity contribution in [2.24, 2.45) is 0 Å². The minimum atomic E-state index is -0.505. The summed E-state index contributed by atoms with van der Waals surface area (Å²) in [6.07, 6.45) is 1.24. The number of carbonyl (C=O) groups is 1. The first kappa shape index (κ1) is 11.4. The Hall–Kier alpha value is -2.39. The van der Waals surface area contributed by atoms with Crippen LogP contribution < -0.4 is 5.32 Å². The van der Waals surface area contributed by atoms with Crippen LogP contribution in [0.1, 0.15) is 27.7 Å². The van der Waals surface area contributed by atoms with E-state index in [4.69, 9.17) is 4.74 Å². The molecule has 2 aliphatic rings. The molecule has 0 amide bonds. The Morgan fingerprint density at radius 3 is 2.55 bits per heavy atom. The molecular weight excluding hydrogens is 250 g/mol. The molecule has 0 radical (unpaired) electrons. The fourth-order valence-electron chi connectivity index (χ4n) is 2.74. The Morgan fingerprint density at radius 2 is 1.70 bits per heavy atom. The lowest BCUT2D eigenvalue weighted by molar-refractivity contribution is 0.0372. The molecule has 0 saturated carbocycles. The molecule has 1 fully saturated rings. The predicted molar refractivity (Wildman–Crippen MR) is 75.9 cm³/mol. The fourth-order valence-corrected chi connectivity index (χ4v) is 2.74. The molecule has 0 bridgehead atoms. The van der Waals surface area contributed by atoms with Crippen molar-refractivity contribution in [1.29, 1.82) is 0 Å². The van der Waals surface area contributed by atoms with E-state index in [0.717, 1.165) is 22.4 Å². The molecule has 3 nitrogen and oxygen atoms in total. The lowest BCUT2D eigenvalue weighted by atomic mass is 9.92. The largest absolute Gasteiger partial charge is 0.357 e. The van der Waals surface area contributed by atoms with Gasteiger partial charge in [0.1, 0.15) is 0 Å². The van der Waals surface area contributed by atoms with Gasteiger partial charge in [0.15, 0.2) is 18.1 Å². The van der Waals surface area contributed by atoms with Crippen LogP contribution in [0.3, 0.4) is 0 Å². The molecule has 3 heteroatoms. The molecule has 98 valence electrons. The summed E-state index contributed by atoms with van der Waals surface area (Å²) in [6.45, 7) is 0. The van der Waals surface area contributed by atoms with E-state index in [2.05, 4.69) is 5.32 Å². The number of hydrogen-bond acceptors (Lipinski definition) is 3. The highest BCUT2D eigenvalue weighted by atomic mass is 16.5. The van der Waals surface area contributed by atoms with Crippen molar-refractivity contribution < 1.29 is 9.53 Å². The highest BCUT2D eigenvalue weighted by molar-refractivity contribution is 6.07. The molecule has 2 aromatic carbocycles. The number of ether oxygens (including phenoxy) is 1. The maximum absolute atomic E-state index is 12.5. The van der Waals surface area contributed by atoms with E-state index in [-0.39, 0.29) is 12.0 Å². The molecular formula is C17H13NO2. The van der Waals surface area contributed by atoms with Gasteiger partial charge in [-0.15, -0.1) is 0 Å². The summed E-state index contributed by atoms with van der Waals surface area (Å²) in [5, 5.41) is 3.30. The van der Waals surface area contributed by atoms with Crippen LogP contribution in [0.2, 0.25) is 0 Å².